The van der Waals surface area contributed by atoms with Gasteiger partial charge >= 0.3 is 13.3 Å². The van der Waals surface area contributed by atoms with Crippen molar-refractivity contribution in [3.05, 3.63) is 0 Å². The molecule has 0 amide bonds. The second-order valence-electron chi connectivity index (χ2n) is 8.88. The summed E-state index contributed by atoms with van der Waals surface area (Å²) in [6.07, 6.45) is -0.313. The van der Waals surface area contributed by atoms with Gasteiger partial charge in [-0.15, -0.1) is 0 Å². The molecule has 196 valence electrons. The summed E-state index contributed by atoms with van der Waals surface area (Å²) >= 11 is 0. The molecule has 33 heavy (non-hydrogen) atoms. The number of unbranched alkanes of at least 4 members (excludes halogenated alkanes) is 2. The van der Waals surface area contributed by atoms with E-state index in [1.165, 1.54) is 13.8 Å². The van der Waals surface area contributed by atoms with Crippen LogP contribution in [-0.4, -0.2) is 68.6 Å². The minimum atomic E-state index is -4.78. The Hall–Kier alpha value is -0.190. The van der Waals surface area contributed by atoms with E-state index in [4.69, 9.17) is 32.7 Å². The fourth-order valence-electron chi connectivity index (χ4n) is 4.08. The molecule has 0 aromatic rings. The Bertz CT molecular complexity index is 640. The molecule has 0 aliphatic carbocycles. The quantitative estimate of drug-likeness (QED) is 0.203. The monoisotopic (exact) mass is 502 g/mol. The summed E-state index contributed by atoms with van der Waals surface area (Å²) in [5.74, 6) is -0.953. The molecular formula is C22H41F2O8P. The zero-order valence-corrected chi connectivity index (χ0v) is 21.7. The van der Waals surface area contributed by atoms with Crippen molar-refractivity contribution in [2.24, 2.45) is 0 Å². The lowest BCUT2D eigenvalue weighted by molar-refractivity contribution is -0.262. The Morgan fingerprint density at radius 2 is 1.55 bits per heavy atom. The van der Waals surface area contributed by atoms with Gasteiger partial charge in [0.1, 0.15) is 17.8 Å². The molecule has 2 heterocycles. The number of rotatable bonds is 16. The highest BCUT2D eigenvalue weighted by molar-refractivity contribution is 7.55. The van der Waals surface area contributed by atoms with Gasteiger partial charge in [0.2, 0.25) is 0 Å². The summed E-state index contributed by atoms with van der Waals surface area (Å²) < 4.78 is 84.1. The Kier molecular flexibility index (Phi) is 10.7. The first kappa shape index (κ1) is 29.0. The predicted octanol–water partition coefficient (Wildman–Crippen LogP) is 5.48. The Labute approximate surface area is 196 Å². The summed E-state index contributed by atoms with van der Waals surface area (Å²) in [4.78, 5) is 0. The van der Waals surface area contributed by atoms with Crippen molar-refractivity contribution in [3.63, 3.8) is 0 Å². The molecular weight excluding hydrogens is 461 g/mol. The molecule has 0 aromatic carbocycles. The number of ether oxygens (including phenoxy) is 5. The van der Waals surface area contributed by atoms with E-state index in [-0.39, 0.29) is 19.8 Å². The molecule has 0 N–H and O–H groups in total. The summed E-state index contributed by atoms with van der Waals surface area (Å²) in [6.45, 7) is 10.6. The standard InChI is InChI=1S/C22H41F2O8P/c1-7-11-13-26-16-21(15-22(23,24)33(25,28-9-3)29-10-4)18(27-14-12-8-2)17-19(32-21)31-20(5,6)30-17/h17-19H,7-16H2,1-6H3/t17?,18?,19-,21+/m0/s1. The van der Waals surface area contributed by atoms with Crippen LogP contribution in [0, 0.1) is 0 Å². The molecule has 2 saturated heterocycles. The van der Waals surface area contributed by atoms with Gasteiger partial charge in [-0.05, 0) is 40.5 Å². The third kappa shape index (κ3) is 6.94. The van der Waals surface area contributed by atoms with Crippen molar-refractivity contribution < 1.29 is 46.1 Å². The van der Waals surface area contributed by atoms with Crippen molar-refractivity contribution >= 4 is 7.60 Å². The molecule has 2 aliphatic heterocycles. The minimum absolute atomic E-state index is 0.185. The van der Waals surface area contributed by atoms with E-state index >= 15 is 8.78 Å². The lowest BCUT2D eigenvalue weighted by Crippen LogP contribution is -2.53. The van der Waals surface area contributed by atoms with Gasteiger partial charge in [0.05, 0.1) is 26.2 Å². The van der Waals surface area contributed by atoms with E-state index in [0.29, 0.717) is 13.2 Å². The second-order valence-corrected chi connectivity index (χ2v) is 11.0. The summed E-state index contributed by atoms with van der Waals surface area (Å²) in [5, 5.41) is 0. The number of halogens is 2. The van der Waals surface area contributed by atoms with Crippen molar-refractivity contribution in [3.8, 4) is 0 Å². The molecule has 0 spiro atoms. The number of hydrogen-bond donors (Lipinski definition) is 0. The van der Waals surface area contributed by atoms with Gasteiger partial charge in [0.15, 0.2) is 12.1 Å². The van der Waals surface area contributed by atoms with Gasteiger partial charge in [-0.3, -0.25) is 4.57 Å². The van der Waals surface area contributed by atoms with Crippen molar-refractivity contribution in [2.45, 2.75) is 109 Å². The van der Waals surface area contributed by atoms with Gasteiger partial charge in [0.25, 0.3) is 0 Å². The van der Waals surface area contributed by atoms with E-state index in [2.05, 4.69) is 0 Å². The van der Waals surface area contributed by atoms with Crippen molar-refractivity contribution in [1.82, 2.24) is 0 Å². The van der Waals surface area contributed by atoms with Crippen LogP contribution in [0.3, 0.4) is 0 Å². The summed E-state index contributed by atoms with van der Waals surface area (Å²) in [5.41, 5.74) is -5.52. The first-order valence-corrected chi connectivity index (χ1v) is 13.5. The van der Waals surface area contributed by atoms with Crippen LogP contribution in [0.1, 0.15) is 73.6 Å². The Morgan fingerprint density at radius 3 is 2.12 bits per heavy atom. The molecule has 0 radical (unpaired) electrons. The zero-order valence-electron chi connectivity index (χ0n) is 20.8. The molecule has 2 rings (SSSR count). The predicted molar refractivity (Wildman–Crippen MR) is 118 cm³/mol. The molecule has 2 aliphatic rings. The zero-order chi connectivity index (χ0) is 24.8. The van der Waals surface area contributed by atoms with Crippen molar-refractivity contribution in [2.75, 3.05) is 33.0 Å². The molecule has 11 heteroatoms. The third-order valence-electron chi connectivity index (χ3n) is 5.55. The van der Waals surface area contributed by atoms with Crippen LogP contribution in [0.2, 0.25) is 0 Å². The topological polar surface area (TPSA) is 81.7 Å². The van der Waals surface area contributed by atoms with Gasteiger partial charge < -0.3 is 32.7 Å². The van der Waals surface area contributed by atoms with Gasteiger partial charge in [-0.2, -0.15) is 8.78 Å². The average molecular weight is 503 g/mol. The van der Waals surface area contributed by atoms with E-state index in [9.17, 15) is 4.57 Å². The third-order valence-corrected chi connectivity index (χ3v) is 7.71. The highest BCUT2D eigenvalue weighted by atomic mass is 31.2. The molecule has 0 bridgehead atoms. The van der Waals surface area contributed by atoms with Crippen LogP contribution in [0.4, 0.5) is 8.78 Å². The lowest BCUT2D eigenvalue weighted by Gasteiger charge is -2.39. The first-order valence-electron chi connectivity index (χ1n) is 12.0. The number of alkyl halides is 2. The van der Waals surface area contributed by atoms with Crippen molar-refractivity contribution in [1.29, 1.82) is 0 Å². The summed E-state index contributed by atoms with van der Waals surface area (Å²) in [6, 6.07) is 0. The maximum absolute atomic E-state index is 15.6. The Balaban J connectivity index is 2.40. The first-order chi connectivity index (χ1) is 15.5. The normalized spacial score (nSPS) is 29.5. The van der Waals surface area contributed by atoms with Crippen LogP contribution in [0.5, 0.6) is 0 Å². The van der Waals surface area contributed by atoms with E-state index < -0.39 is 49.6 Å². The lowest BCUT2D eigenvalue weighted by atomic mass is 9.92. The fraction of sp³-hybridized carbons (Fsp3) is 1.00. The van der Waals surface area contributed by atoms with Crippen LogP contribution < -0.4 is 0 Å². The molecule has 2 fully saturated rings. The minimum Gasteiger partial charge on any atom is -0.378 e. The van der Waals surface area contributed by atoms with Gasteiger partial charge in [-0.25, -0.2) is 0 Å². The Morgan fingerprint density at radius 1 is 0.939 bits per heavy atom. The second kappa shape index (κ2) is 12.2. The molecule has 8 nitrogen and oxygen atoms in total. The van der Waals surface area contributed by atoms with E-state index in [1.54, 1.807) is 13.8 Å². The number of hydrogen-bond acceptors (Lipinski definition) is 8. The average Bonchev–Trinajstić information content (AvgIpc) is 3.14. The van der Waals surface area contributed by atoms with Crippen LogP contribution in [0.15, 0.2) is 0 Å². The van der Waals surface area contributed by atoms with E-state index in [0.717, 1.165) is 25.7 Å². The van der Waals surface area contributed by atoms with E-state index in [1.807, 2.05) is 13.8 Å². The summed E-state index contributed by atoms with van der Waals surface area (Å²) in [7, 11) is -4.78. The van der Waals surface area contributed by atoms with Crippen LogP contribution in [0.25, 0.3) is 0 Å². The highest BCUT2D eigenvalue weighted by Gasteiger charge is 2.68. The maximum Gasteiger partial charge on any atom is 0.399 e. The van der Waals surface area contributed by atoms with Gasteiger partial charge in [0, 0.05) is 13.2 Å². The molecule has 4 atom stereocenters. The highest BCUT2D eigenvalue weighted by Crippen LogP contribution is 2.65. The molecule has 2 unspecified atom stereocenters. The SMILES string of the molecule is CCCCOC[C@@]1(CC(F)(F)P(=O)(OCC)OCC)O[C@@H]2OC(C)(C)OC2C1OCCCC. The largest absolute Gasteiger partial charge is 0.399 e. The molecule has 0 aromatic heterocycles. The number of fused-ring (bicyclic) bond motifs is 1. The van der Waals surface area contributed by atoms with Gasteiger partial charge in [-0.1, -0.05) is 26.7 Å². The molecule has 0 saturated carbocycles. The smallest absolute Gasteiger partial charge is 0.378 e. The maximum atomic E-state index is 15.6. The van der Waals surface area contributed by atoms with Crippen LogP contribution >= 0.6 is 7.60 Å². The fourth-order valence-corrected chi connectivity index (χ4v) is 5.67. The van der Waals surface area contributed by atoms with Crippen LogP contribution in [-0.2, 0) is 37.3 Å².